The number of piperidine rings is 1. The Labute approximate surface area is 158 Å². The summed E-state index contributed by atoms with van der Waals surface area (Å²) in [7, 11) is 0. The highest BCUT2D eigenvalue weighted by Gasteiger charge is 2.49. The lowest BCUT2D eigenvalue weighted by Crippen LogP contribution is -2.56. The maximum Gasteiger partial charge on any atom is 0.314 e. The molecule has 0 saturated carbocycles. The smallest absolute Gasteiger partial charge is 0.314 e. The molecule has 8 heteroatoms. The SMILES string of the molecule is Cc1cnn(-c2cc(N3CC[C@@H](O)[C@](CCC(C)C)(C(=O)O)C3)ncn2)c1. The molecule has 2 aromatic heterocycles. The molecule has 0 bridgehead atoms. The van der Waals surface area contributed by atoms with Crippen LogP contribution in [0.2, 0.25) is 0 Å². The molecule has 27 heavy (non-hydrogen) atoms. The molecule has 1 fully saturated rings. The molecule has 8 nitrogen and oxygen atoms in total. The minimum absolute atomic E-state index is 0.227. The first-order valence-electron chi connectivity index (χ1n) is 9.32. The van der Waals surface area contributed by atoms with Crippen molar-refractivity contribution in [2.45, 2.75) is 46.1 Å². The Morgan fingerprint density at radius 3 is 2.74 bits per heavy atom. The number of hydrogen-bond acceptors (Lipinski definition) is 6. The summed E-state index contributed by atoms with van der Waals surface area (Å²) in [4.78, 5) is 22.7. The third-order valence-electron chi connectivity index (χ3n) is 5.29. The topological polar surface area (TPSA) is 104 Å². The Morgan fingerprint density at radius 1 is 1.37 bits per heavy atom. The number of carboxylic acid groups (broad SMARTS) is 1. The summed E-state index contributed by atoms with van der Waals surface area (Å²) >= 11 is 0. The van der Waals surface area contributed by atoms with Gasteiger partial charge in [-0.1, -0.05) is 13.8 Å². The summed E-state index contributed by atoms with van der Waals surface area (Å²) < 4.78 is 1.67. The molecular formula is C19H27N5O3. The minimum atomic E-state index is -1.18. The van der Waals surface area contributed by atoms with E-state index in [2.05, 4.69) is 28.9 Å². The number of aliphatic hydroxyl groups excluding tert-OH is 1. The molecule has 0 amide bonds. The summed E-state index contributed by atoms with van der Waals surface area (Å²) in [5.74, 6) is 0.701. The van der Waals surface area contributed by atoms with Gasteiger partial charge in [-0.05, 0) is 37.7 Å². The lowest BCUT2D eigenvalue weighted by Gasteiger charge is -2.44. The number of aromatic nitrogens is 4. The van der Waals surface area contributed by atoms with Crippen molar-refractivity contribution in [3.63, 3.8) is 0 Å². The third-order valence-corrected chi connectivity index (χ3v) is 5.29. The van der Waals surface area contributed by atoms with Crippen LogP contribution in [0.25, 0.3) is 5.82 Å². The van der Waals surface area contributed by atoms with Crippen LogP contribution in [0.3, 0.4) is 0 Å². The van der Waals surface area contributed by atoms with E-state index in [1.165, 1.54) is 6.33 Å². The number of nitrogens with zero attached hydrogens (tertiary/aromatic N) is 5. The van der Waals surface area contributed by atoms with Gasteiger partial charge in [0.15, 0.2) is 5.82 Å². The van der Waals surface area contributed by atoms with Crippen molar-refractivity contribution < 1.29 is 15.0 Å². The molecule has 0 aromatic carbocycles. The number of rotatable bonds is 6. The van der Waals surface area contributed by atoms with Gasteiger partial charge >= 0.3 is 5.97 Å². The molecule has 2 aromatic rings. The maximum absolute atomic E-state index is 12.1. The monoisotopic (exact) mass is 373 g/mol. The van der Waals surface area contributed by atoms with E-state index in [1.54, 1.807) is 16.9 Å². The first-order chi connectivity index (χ1) is 12.8. The second-order valence-electron chi connectivity index (χ2n) is 7.82. The lowest BCUT2D eigenvalue weighted by atomic mass is 9.73. The van der Waals surface area contributed by atoms with Gasteiger partial charge in [0.2, 0.25) is 0 Å². The van der Waals surface area contributed by atoms with Crippen molar-refractivity contribution >= 4 is 11.8 Å². The number of aliphatic carboxylic acids is 1. The fraction of sp³-hybridized carbons (Fsp3) is 0.579. The standard InChI is InChI=1S/C19H27N5O3/c1-13(2)4-6-19(18(26)27)11-23(7-5-15(19)25)16-8-17(21-12-20-16)24-10-14(3)9-22-24/h8-10,12-13,15,25H,4-7,11H2,1-3H3,(H,26,27)/t15-,19-/m1/s1. The number of aliphatic hydroxyl groups is 1. The van der Waals surface area contributed by atoms with Crippen molar-refractivity contribution in [3.05, 3.63) is 30.4 Å². The molecule has 1 aliphatic heterocycles. The number of carboxylic acids is 1. The molecule has 0 radical (unpaired) electrons. The van der Waals surface area contributed by atoms with Gasteiger partial charge in [-0.2, -0.15) is 5.10 Å². The van der Waals surface area contributed by atoms with Crippen molar-refractivity contribution in [2.24, 2.45) is 11.3 Å². The van der Waals surface area contributed by atoms with Gasteiger partial charge in [0.05, 0.1) is 12.3 Å². The van der Waals surface area contributed by atoms with Crippen LogP contribution < -0.4 is 4.90 Å². The van der Waals surface area contributed by atoms with Crippen LogP contribution in [0.5, 0.6) is 0 Å². The van der Waals surface area contributed by atoms with Crippen molar-refractivity contribution in [1.82, 2.24) is 19.7 Å². The number of aryl methyl sites for hydroxylation is 1. The summed E-state index contributed by atoms with van der Waals surface area (Å²) in [6, 6.07) is 1.80. The van der Waals surface area contributed by atoms with Gasteiger partial charge in [0, 0.05) is 25.4 Å². The van der Waals surface area contributed by atoms with Gasteiger partial charge in [-0.3, -0.25) is 4.79 Å². The molecule has 1 saturated heterocycles. The predicted molar refractivity (Wildman–Crippen MR) is 101 cm³/mol. The summed E-state index contributed by atoms with van der Waals surface area (Å²) in [6.45, 7) is 6.85. The van der Waals surface area contributed by atoms with Crippen molar-refractivity contribution in [2.75, 3.05) is 18.0 Å². The molecule has 1 aliphatic rings. The van der Waals surface area contributed by atoms with Crippen LogP contribution in [0.4, 0.5) is 5.82 Å². The van der Waals surface area contributed by atoms with E-state index in [1.807, 2.05) is 18.0 Å². The minimum Gasteiger partial charge on any atom is -0.481 e. The number of anilines is 1. The van der Waals surface area contributed by atoms with E-state index in [4.69, 9.17) is 0 Å². The van der Waals surface area contributed by atoms with Crippen LogP contribution in [-0.2, 0) is 4.79 Å². The van der Waals surface area contributed by atoms with Crippen LogP contribution in [0.1, 0.15) is 38.7 Å². The second kappa shape index (κ2) is 7.64. The molecule has 2 atom stereocenters. The van der Waals surface area contributed by atoms with Crippen LogP contribution >= 0.6 is 0 Å². The largest absolute Gasteiger partial charge is 0.481 e. The van der Waals surface area contributed by atoms with E-state index in [0.29, 0.717) is 36.9 Å². The molecule has 2 N–H and O–H groups in total. The Hall–Kier alpha value is -2.48. The zero-order valence-electron chi connectivity index (χ0n) is 16.0. The second-order valence-corrected chi connectivity index (χ2v) is 7.82. The van der Waals surface area contributed by atoms with Gasteiger partial charge < -0.3 is 15.1 Å². The molecule has 3 heterocycles. The van der Waals surface area contributed by atoms with E-state index < -0.39 is 17.5 Å². The van der Waals surface area contributed by atoms with E-state index >= 15 is 0 Å². The number of carbonyl (C=O) groups is 1. The van der Waals surface area contributed by atoms with Crippen LogP contribution in [0, 0.1) is 18.3 Å². The molecular weight excluding hydrogens is 346 g/mol. The fourth-order valence-electron chi connectivity index (χ4n) is 3.56. The summed E-state index contributed by atoms with van der Waals surface area (Å²) in [5, 5.41) is 24.8. The van der Waals surface area contributed by atoms with E-state index in [9.17, 15) is 15.0 Å². The van der Waals surface area contributed by atoms with Gasteiger partial charge in [-0.25, -0.2) is 14.6 Å². The van der Waals surface area contributed by atoms with E-state index in [0.717, 1.165) is 12.0 Å². The van der Waals surface area contributed by atoms with Crippen molar-refractivity contribution in [3.8, 4) is 5.82 Å². The highest BCUT2D eigenvalue weighted by atomic mass is 16.4. The normalized spacial score (nSPS) is 23.0. The molecule has 3 rings (SSSR count). The molecule has 0 aliphatic carbocycles. The first-order valence-corrected chi connectivity index (χ1v) is 9.32. The van der Waals surface area contributed by atoms with Gasteiger partial charge in [0.25, 0.3) is 0 Å². The Balaban J connectivity index is 1.87. The van der Waals surface area contributed by atoms with Crippen molar-refractivity contribution in [1.29, 1.82) is 0 Å². The predicted octanol–water partition coefficient (Wildman–Crippen LogP) is 2.05. The Bertz CT molecular complexity index is 806. The zero-order valence-corrected chi connectivity index (χ0v) is 16.0. The van der Waals surface area contributed by atoms with Crippen LogP contribution in [0.15, 0.2) is 24.8 Å². The molecule has 0 unspecified atom stereocenters. The van der Waals surface area contributed by atoms with Gasteiger partial charge in [0.1, 0.15) is 17.6 Å². The number of hydrogen-bond donors (Lipinski definition) is 2. The maximum atomic E-state index is 12.1. The fourth-order valence-corrected chi connectivity index (χ4v) is 3.56. The summed E-state index contributed by atoms with van der Waals surface area (Å²) in [6.07, 6.45) is 5.80. The van der Waals surface area contributed by atoms with Crippen LogP contribution in [-0.4, -0.2) is 55.1 Å². The Kier molecular flexibility index (Phi) is 5.46. The first kappa shape index (κ1) is 19.3. The molecule has 146 valence electrons. The average molecular weight is 373 g/mol. The average Bonchev–Trinajstić information content (AvgIpc) is 3.07. The summed E-state index contributed by atoms with van der Waals surface area (Å²) in [5.41, 5.74) is -0.162. The quantitative estimate of drug-likeness (QED) is 0.798. The Morgan fingerprint density at radius 2 is 2.11 bits per heavy atom. The zero-order chi connectivity index (χ0) is 19.6. The lowest BCUT2D eigenvalue weighted by molar-refractivity contribution is -0.158. The van der Waals surface area contributed by atoms with E-state index in [-0.39, 0.29) is 6.54 Å². The third kappa shape index (κ3) is 3.95. The highest BCUT2D eigenvalue weighted by Crippen LogP contribution is 2.38. The highest BCUT2D eigenvalue weighted by molar-refractivity contribution is 5.77. The van der Waals surface area contributed by atoms with Gasteiger partial charge in [-0.15, -0.1) is 0 Å². The molecule has 0 spiro atoms.